The molecule has 2 rings (SSSR count). The Bertz CT molecular complexity index is 256. The molecule has 0 aromatic rings. The average Bonchev–Trinajstić information content (AvgIpc) is 2.01. The molecule has 1 saturated carbocycles. The highest BCUT2D eigenvalue weighted by molar-refractivity contribution is 5.05. The molecular formula is C15H29N. The molecule has 94 valence electrons. The zero-order chi connectivity index (χ0) is 12.1. The van der Waals surface area contributed by atoms with Crippen LogP contribution in [0.25, 0.3) is 0 Å². The topological polar surface area (TPSA) is 3.24 Å². The Morgan fingerprint density at radius 1 is 1.00 bits per heavy atom. The minimum absolute atomic E-state index is 0.354. The predicted octanol–water partition coefficient (Wildman–Crippen LogP) is 3.93. The van der Waals surface area contributed by atoms with E-state index in [0.29, 0.717) is 11.0 Å². The first-order valence-electron chi connectivity index (χ1n) is 6.98. The lowest BCUT2D eigenvalue weighted by Crippen LogP contribution is -2.64. The summed E-state index contributed by atoms with van der Waals surface area (Å²) in [6.45, 7) is 15.7. The second-order valence-corrected chi connectivity index (χ2v) is 7.97. The van der Waals surface area contributed by atoms with Crippen molar-refractivity contribution in [3.05, 3.63) is 0 Å². The molecule has 1 heteroatoms. The first-order valence-corrected chi connectivity index (χ1v) is 6.98. The maximum Gasteiger partial charge on any atom is 0.0162 e. The van der Waals surface area contributed by atoms with Crippen LogP contribution in [0.3, 0.4) is 0 Å². The Balaban J connectivity index is 2.15. The Labute approximate surface area is 102 Å². The van der Waals surface area contributed by atoms with E-state index in [9.17, 15) is 0 Å². The van der Waals surface area contributed by atoms with Gasteiger partial charge in [0.25, 0.3) is 0 Å². The molecule has 1 saturated heterocycles. The van der Waals surface area contributed by atoms with E-state index in [-0.39, 0.29) is 0 Å². The van der Waals surface area contributed by atoms with Crippen LogP contribution in [0, 0.1) is 17.3 Å². The maximum absolute atomic E-state index is 2.79. The summed E-state index contributed by atoms with van der Waals surface area (Å²) >= 11 is 0. The molecule has 0 N–H and O–H groups in total. The third-order valence-electron chi connectivity index (χ3n) is 4.76. The normalized spacial score (nSPS) is 36.8. The van der Waals surface area contributed by atoms with Crippen LogP contribution in [-0.2, 0) is 0 Å². The molecule has 0 spiro atoms. The number of hydrogen-bond acceptors (Lipinski definition) is 1. The number of likely N-dealkylation sites (tertiary alicyclic amines) is 1. The molecule has 0 aromatic heterocycles. The van der Waals surface area contributed by atoms with Gasteiger partial charge in [-0.1, -0.05) is 20.8 Å². The van der Waals surface area contributed by atoms with Crippen molar-refractivity contribution in [2.24, 2.45) is 17.3 Å². The molecule has 1 aliphatic carbocycles. The zero-order valence-electron chi connectivity index (χ0n) is 12.0. The summed E-state index contributed by atoms with van der Waals surface area (Å²) in [6.07, 6.45) is 4.36. The van der Waals surface area contributed by atoms with Gasteiger partial charge in [-0.2, -0.15) is 0 Å². The molecule has 1 aliphatic heterocycles. The van der Waals surface area contributed by atoms with Gasteiger partial charge in [0.2, 0.25) is 0 Å². The minimum Gasteiger partial charge on any atom is -0.295 e. The van der Waals surface area contributed by atoms with Crippen LogP contribution in [0.5, 0.6) is 0 Å². The van der Waals surface area contributed by atoms with Crippen molar-refractivity contribution in [1.29, 1.82) is 0 Å². The van der Waals surface area contributed by atoms with Crippen LogP contribution < -0.4 is 0 Å². The quantitative estimate of drug-likeness (QED) is 0.601. The van der Waals surface area contributed by atoms with E-state index < -0.39 is 0 Å². The van der Waals surface area contributed by atoms with Crippen LogP contribution in [0.1, 0.15) is 60.8 Å². The Morgan fingerprint density at radius 2 is 1.62 bits per heavy atom. The van der Waals surface area contributed by atoms with E-state index in [0.717, 1.165) is 17.9 Å². The highest BCUT2D eigenvalue weighted by atomic mass is 15.2. The fourth-order valence-electron chi connectivity index (χ4n) is 3.82. The van der Waals surface area contributed by atoms with E-state index in [1.165, 1.54) is 25.8 Å². The van der Waals surface area contributed by atoms with Gasteiger partial charge in [-0.05, 0) is 63.8 Å². The predicted molar refractivity (Wildman–Crippen MR) is 70.5 cm³/mol. The summed E-state index contributed by atoms with van der Waals surface area (Å²) in [5.74, 6) is 1.91. The molecular weight excluding hydrogens is 194 g/mol. The van der Waals surface area contributed by atoms with E-state index in [2.05, 4.69) is 46.4 Å². The van der Waals surface area contributed by atoms with Gasteiger partial charge in [0, 0.05) is 11.6 Å². The third kappa shape index (κ3) is 2.03. The van der Waals surface area contributed by atoms with Gasteiger partial charge in [-0.3, -0.25) is 4.90 Å². The Morgan fingerprint density at radius 3 is 2.12 bits per heavy atom. The second-order valence-electron chi connectivity index (χ2n) is 7.97. The molecule has 16 heavy (non-hydrogen) atoms. The molecule has 2 aliphatic rings. The number of nitrogens with zero attached hydrogens (tertiary/aromatic N) is 1. The maximum atomic E-state index is 2.79. The summed E-state index contributed by atoms with van der Waals surface area (Å²) in [4.78, 5) is 2.79. The highest BCUT2D eigenvalue weighted by Crippen LogP contribution is 2.52. The van der Waals surface area contributed by atoms with Gasteiger partial charge in [0.1, 0.15) is 0 Å². The lowest BCUT2D eigenvalue weighted by Gasteiger charge is -2.61. The van der Waals surface area contributed by atoms with Gasteiger partial charge in [-0.25, -0.2) is 0 Å². The van der Waals surface area contributed by atoms with Gasteiger partial charge in [0.15, 0.2) is 0 Å². The van der Waals surface area contributed by atoms with Crippen LogP contribution in [0.15, 0.2) is 0 Å². The number of fused-ring (bicyclic) bond motifs is 1. The van der Waals surface area contributed by atoms with Crippen molar-refractivity contribution in [3.63, 3.8) is 0 Å². The van der Waals surface area contributed by atoms with Gasteiger partial charge >= 0.3 is 0 Å². The van der Waals surface area contributed by atoms with E-state index in [1.807, 2.05) is 0 Å². The fourth-order valence-corrected chi connectivity index (χ4v) is 3.82. The lowest BCUT2D eigenvalue weighted by atomic mass is 9.56. The van der Waals surface area contributed by atoms with Gasteiger partial charge in [0.05, 0.1) is 0 Å². The lowest BCUT2D eigenvalue weighted by molar-refractivity contribution is -0.115. The summed E-state index contributed by atoms with van der Waals surface area (Å²) in [6, 6.07) is 0.869. The average molecular weight is 223 g/mol. The summed E-state index contributed by atoms with van der Waals surface area (Å²) in [5.41, 5.74) is 0.843. The molecule has 1 heterocycles. The van der Waals surface area contributed by atoms with E-state index >= 15 is 0 Å². The minimum atomic E-state index is 0.354. The standard InChI is InChI=1S/C15H29N/c1-14(2,3)12-10-11-8-7-9-16(13(11)12)15(4,5)6/h11-13H,7-10H2,1-6H3. The van der Waals surface area contributed by atoms with Crippen molar-refractivity contribution in [2.75, 3.05) is 6.54 Å². The summed E-state index contributed by atoms with van der Waals surface area (Å²) < 4.78 is 0. The Hall–Kier alpha value is -0.0400. The fraction of sp³-hybridized carbons (Fsp3) is 1.00. The molecule has 3 atom stereocenters. The van der Waals surface area contributed by atoms with Crippen LogP contribution in [0.4, 0.5) is 0 Å². The van der Waals surface area contributed by atoms with E-state index in [1.54, 1.807) is 0 Å². The van der Waals surface area contributed by atoms with Crippen molar-refractivity contribution in [1.82, 2.24) is 4.90 Å². The molecule has 3 unspecified atom stereocenters. The number of piperidine rings is 1. The molecule has 0 aromatic carbocycles. The third-order valence-corrected chi connectivity index (χ3v) is 4.76. The SMILES string of the molecule is CC(C)(C)C1CC2CCCN(C(C)(C)C)C21. The van der Waals surface area contributed by atoms with Crippen LogP contribution in [-0.4, -0.2) is 23.0 Å². The van der Waals surface area contributed by atoms with Crippen LogP contribution in [0.2, 0.25) is 0 Å². The van der Waals surface area contributed by atoms with Gasteiger partial charge in [-0.15, -0.1) is 0 Å². The molecule has 1 nitrogen and oxygen atoms in total. The molecule has 0 radical (unpaired) electrons. The second kappa shape index (κ2) is 3.73. The van der Waals surface area contributed by atoms with E-state index in [4.69, 9.17) is 0 Å². The van der Waals surface area contributed by atoms with Crippen molar-refractivity contribution in [3.8, 4) is 0 Å². The first kappa shape index (κ1) is 12.4. The highest BCUT2D eigenvalue weighted by Gasteiger charge is 2.52. The van der Waals surface area contributed by atoms with Crippen molar-refractivity contribution >= 4 is 0 Å². The molecule has 0 amide bonds. The zero-order valence-corrected chi connectivity index (χ0v) is 12.0. The van der Waals surface area contributed by atoms with Crippen LogP contribution >= 0.6 is 0 Å². The smallest absolute Gasteiger partial charge is 0.0162 e. The summed E-state index contributed by atoms with van der Waals surface area (Å²) in [5, 5.41) is 0. The molecule has 2 fully saturated rings. The largest absolute Gasteiger partial charge is 0.295 e. The summed E-state index contributed by atoms with van der Waals surface area (Å²) in [7, 11) is 0. The number of hydrogen-bond donors (Lipinski definition) is 0. The first-order chi connectivity index (χ1) is 7.21. The monoisotopic (exact) mass is 223 g/mol. The van der Waals surface area contributed by atoms with Crippen molar-refractivity contribution in [2.45, 2.75) is 72.4 Å². The van der Waals surface area contributed by atoms with Gasteiger partial charge < -0.3 is 0 Å². The number of rotatable bonds is 0. The molecule has 0 bridgehead atoms. The Kier molecular flexibility index (Phi) is 2.89. The van der Waals surface area contributed by atoms with Crippen molar-refractivity contribution < 1.29 is 0 Å².